The lowest BCUT2D eigenvalue weighted by Crippen LogP contribution is -2.33. The topological polar surface area (TPSA) is 91.4 Å². The van der Waals surface area contributed by atoms with Gasteiger partial charge in [-0.1, -0.05) is 36.4 Å². The van der Waals surface area contributed by atoms with Crippen LogP contribution in [0.25, 0.3) is 0 Å². The number of rotatable bonds is 8. The number of imide groups is 1. The molecule has 1 aliphatic heterocycles. The molecule has 7 heteroatoms. The van der Waals surface area contributed by atoms with E-state index in [0.29, 0.717) is 13.0 Å². The maximum atomic E-state index is 12.4. The van der Waals surface area contributed by atoms with Crippen LogP contribution in [0.15, 0.2) is 54.7 Å². The Hall–Kier alpha value is -3.22. The Bertz CT molecular complexity index is 795. The van der Waals surface area contributed by atoms with Gasteiger partial charge in [-0.3, -0.25) is 19.5 Å². The average Bonchev–Trinajstić information content (AvgIpc) is 2.95. The van der Waals surface area contributed by atoms with Gasteiger partial charge in [0.1, 0.15) is 6.04 Å². The first-order valence-corrected chi connectivity index (χ1v) is 8.96. The van der Waals surface area contributed by atoms with E-state index in [-0.39, 0.29) is 31.2 Å². The van der Waals surface area contributed by atoms with Crippen molar-refractivity contribution in [3.8, 4) is 0 Å². The van der Waals surface area contributed by atoms with Crippen LogP contribution in [0.4, 0.5) is 4.79 Å². The summed E-state index contributed by atoms with van der Waals surface area (Å²) in [5, 5.41) is 5.47. The molecule has 1 aromatic carbocycles. The lowest BCUT2D eigenvalue weighted by atomic mass is 10.1. The van der Waals surface area contributed by atoms with Gasteiger partial charge in [-0.2, -0.15) is 0 Å². The third-order valence-corrected chi connectivity index (χ3v) is 4.38. The average molecular weight is 366 g/mol. The van der Waals surface area contributed by atoms with Gasteiger partial charge in [0.25, 0.3) is 5.91 Å². The van der Waals surface area contributed by atoms with E-state index in [0.717, 1.165) is 11.3 Å². The number of nitrogens with one attached hydrogen (secondary N) is 2. The summed E-state index contributed by atoms with van der Waals surface area (Å²) in [6, 6.07) is 13.9. The molecule has 0 bridgehead atoms. The number of hydrogen-bond acceptors (Lipinski definition) is 4. The molecule has 1 fully saturated rings. The Kier molecular flexibility index (Phi) is 6.14. The molecule has 27 heavy (non-hydrogen) atoms. The highest BCUT2D eigenvalue weighted by molar-refractivity contribution is 6.04. The molecular weight excluding hydrogens is 344 g/mol. The number of urea groups is 1. The van der Waals surface area contributed by atoms with E-state index in [1.165, 1.54) is 4.90 Å². The van der Waals surface area contributed by atoms with E-state index < -0.39 is 12.1 Å². The maximum absolute atomic E-state index is 12.4. The molecule has 0 radical (unpaired) electrons. The van der Waals surface area contributed by atoms with Crippen LogP contribution in [0.1, 0.15) is 24.1 Å². The van der Waals surface area contributed by atoms with Crippen LogP contribution in [-0.2, 0) is 22.6 Å². The molecule has 1 aliphatic rings. The molecule has 0 aliphatic carbocycles. The number of carbonyl (C=O) groups excluding carboxylic acids is 3. The van der Waals surface area contributed by atoms with Gasteiger partial charge in [-0.05, 0) is 24.1 Å². The predicted molar refractivity (Wildman–Crippen MR) is 99.5 cm³/mol. The van der Waals surface area contributed by atoms with Crippen molar-refractivity contribution in [2.45, 2.75) is 31.8 Å². The minimum absolute atomic E-state index is 0.144. The number of aromatic nitrogens is 1. The zero-order valence-corrected chi connectivity index (χ0v) is 14.9. The minimum Gasteiger partial charge on any atom is -0.356 e. The van der Waals surface area contributed by atoms with Crippen molar-refractivity contribution in [1.82, 2.24) is 20.5 Å². The van der Waals surface area contributed by atoms with Gasteiger partial charge >= 0.3 is 6.03 Å². The maximum Gasteiger partial charge on any atom is 0.325 e. The zero-order chi connectivity index (χ0) is 19.1. The summed E-state index contributed by atoms with van der Waals surface area (Å²) in [5.41, 5.74) is 1.79. The number of hydrogen-bond donors (Lipinski definition) is 2. The SMILES string of the molecule is O=C(CC[C@H]1NC(=O)N(Cc2ccccc2)C1=O)NCCc1ccccn1. The highest BCUT2D eigenvalue weighted by Gasteiger charge is 2.37. The molecule has 1 saturated heterocycles. The highest BCUT2D eigenvalue weighted by atomic mass is 16.2. The van der Waals surface area contributed by atoms with Crippen molar-refractivity contribution in [3.63, 3.8) is 0 Å². The van der Waals surface area contributed by atoms with E-state index in [9.17, 15) is 14.4 Å². The fraction of sp³-hybridized carbons (Fsp3) is 0.300. The fourth-order valence-corrected chi connectivity index (χ4v) is 2.93. The minimum atomic E-state index is -0.650. The Morgan fingerprint density at radius 1 is 1.11 bits per heavy atom. The molecule has 2 aromatic rings. The second-order valence-corrected chi connectivity index (χ2v) is 6.37. The summed E-state index contributed by atoms with van der Waals surface area (Å²) in [5.74, 6) is -0.431. The Labute approximate surface area is 157 Å². The number of carbonyl (C=O) groups is 3. The molecule has 2 N–H and O–H groups in total. The quantitative estimate of drug-likeness (QED) is 0.695. The summed E-state index contributed by atoms with van der Waals surface area (Å²) in [7, 11) is 0. The van der Waals surface area contributed by atoms with Gasteiger partial charge in [0.15, 0.2) is 0 Å². The van der Waals surface area contributed by atoms with Crippen molar-refractivity contribution in [1.29, 1.82) is 0 Å². The van der Waals surface area contributed by atoms with Gasteiger partial charge in [0, 0.05) is 31.3 Å². The molecule has 2 heterocycles. The van der Waals surface area contributed by atoms with Crippen molar-refractivity contribution < 1.29 is 14.4 Å². The molecule has 7 nitrogen and oxygen atoms in total. The van der Waals surface area contributed by atoms with E-state index >= 15 is 0 Å². The first kappa shape index (κ1) is 18.6. The Morgan fingerprint density at radius 3 is 2.63 bits per heavy atom. The summed E-state index contributed by atoms with van der Waals surface area (Å²) < 4.78 is 0. The first-order chi connectivity index (χ1) is 13.1. The highest BCUT2D eigenvalue weighted by Crippen LogP contribution is 2.15. The monoisotopic (exact) mass is 366 g/mol. The fourth-order valence-electron chi connectivity index (χ4n) is 2.93. The summed E-state index contributed by atoms with van der Waals surface area (Å²) in [6.07, 6.45) is 2.83. The summed E-state index contributed by atoms with van der Waals surface area (Å²) >= 11 is 0. The number of pyridine rings is 1. The smallest absolute Gasteiger partial charge is 0.325 e. The van der Waals surface area contributed by atoms with E-state index in [4.69, 9.17) is 0 Å². The number of benzene rings is 1. The number of nitrogens with zero attached hydrogens (tertiary/aromatic N) is 2. The zero-order valence-electron chi connectivity index (χ0n) is 14.9. The Morgan fingerprint density at radius 2 is 1.89 bits per heavy atom. The van der Waals surface area contributed by atoms with Crippen LogP contribution in [0.5, 0.6) is 0 Å². The Balaban J connectivity index is 1.42. The van der Waals surface area contributed by atoms with Crippen LogP contribution in [-0.4, -0.2) is 40.3 Å². The third kappa shape index (κ3) is 5.13. The molecule has 1 atom stereocenters. The second kappa shape index (κ2) is 8.93. The number of amides is 4. The third-order valence-electron chi connectivity index (χ3n) is 4.38. The summed E-state index contributed by atoms with van der Waals surface area (Å²) in [6.45, 7) is 0.721. The van der Waals surface area contributed by atoms with Crippen molar-refractivity contribution in [2.24, 2.45) is 0 Å². The van der Waals surface area contributed by atoms with Crippen molar-refractivity contribution in [3.05, 3.63) is 66.0 Å². The van der Waals surface area contributed by atoms with Crippen LogP contribution < -0.4 is 10.6 Å². The van der Waals surface area contributed by atoms with Gasteiger partial charge in [-0.15, -0.1) is 0 Å². The van der Waals surface area contributed by atoms with Crippen molar-refractivity contribution >= 4 is 17.8 Å². The lowest BCUT2D eigenvalue weighted by Gasteiger charge is -2.13. The van der Waals surface area contributed by atoms with Crippen LogP contribution in [0, 0.1) is 0 Å². The normalized spacial score (nSPS) is 16.3. The van der Waals surface area contributed by atoms with Gasteiger partial charge in [0.2, 0.25) is 5.91 Å². The van der Waals surface area contributed by atoms with Crippen molar-refractivity contribution in [2.75, 3.05) is 6.54 Å². The van der Waals surface area contributed by atoms with E-state index in [2.05, 4.69) is 15.6 Å². The molecule has 1 aromatic heterocycles. The molecule has 3 rings (SSSR count). The van der Waals surface area contributed by atoms with Gasteiger partial charge in [0.05, 0.1) is 6.54 Å². The standard InChI is InChI=1S/C20H22N4O3/c25-18(22-13-11-16-8-4-5-12-21-16)10-9-17-19(26)24(20(27)23-17)14-15-6-2-1-3-7-15/h1-8,12,17H,9-11,13-14H2,(H,22,25)(H,23,27)/t17-/m1/s1. The van der Waals surface area contributed by atoms with Crippen LogP contribution in [0.2, 0.25) is 0 Å². The van der Waals surface area contributed by atoms with Gasteiger partial charge in [-0.25, -0.2) is 4.79 Å². The first-order valence-electron chi connectivity index (χ1n) is 8.96. The molecule has 0 spiro atoms. The predicted octanol–water partition coefficient (Wildman–Crippen LogP) is 1.64. The second-order valence-electron chi connectivity index (χ2n) is 6.37. The van der Waals surface area contributed by atoms with E-state index in [1.54, 1.807) is 6.20 Å². The molecule has 0 saturated carbocycles. The lowest BCUT2D eigenvalue weighted by molar-refractivity contribution is -0.128. The molecule has 140 valence electrons. The van der Waals surface area contributed by atoms with Crippen LogP contribution >= 0.6 is 0 Å². The molecular formula is C20H22N4O3. The largest absolute Gasteiger partial charge is 0.356 e. The summed E-state index contributed by atoms with van der Waals surface area (Å²) in [4.78, 5) is 41.9. The van der Waals surface area contributed by atoms with E-state index in [1.807, 2.05) is 48.5 Å². The molecule has 4 amide bonds. The molecule has 0 unspecified atom stereocenters. The van der Waals surface area contributed by atoms with Gasteiger partial charge < -0.3 is 10.6 Å². The van der Waals surface area contributed by atoms with Crippen LogP contribution in [0.3, 0.4) is 0 Å².